The third kappa shape index (κ3) is 2.59. The molecular weight excluding hydrogens is 324 g/mol. The molecule has 1 aliphatic heterocycles. The smallest absolute Gasteiger partial charge is 0.175 e. The van der Waals surface area contributed by atoms with Crippen LogP contribution in [0.2, 0.25) is 0 Å². The minimum atomic E-state index is -3.20. The maximum atomic E-state index is 11.6. The Labute approximate surface area is 140 Å². The summed E-state index contributed by atoms with van der Waals surface area (Å²) in [6, 6.07) is 12.9. The number of rotatable bonds is 3. The summed E-state index contributed by atoms with van der Waals surface area (Å²) in [6.45, 7) is 0.727. The Morgan fingerprint density at radius 3 is 2.67 bits per heavy atom. The minimum Gasteiger partial charge on any atom is -0.493 e. The van der Waals surface area contributed by atoms with Gasteiger partial charge < -0.3 is 4.74 Å². The van der Waals surface area contributed by atoms with Gasteiger partial charge in [0.25, 0.3) is 0 Å². The number of aromatic nitrogens is 2. The molecule has 6 heteroatoms. The van der Waals surface area contributed by atoms with E-state index in [1.165, 1.54) is 11.8 Å². The van der Waals surface area contributed by atoms with Crippen molar-refractivity contribution in [3.63, 3.8) is 0 Å². The highest BCUT2D eigenvalue weighted by Crippen LogP contribution is 2.31. The summed E-state index contributed by atoms with van der Waals surface area (Å²) in [6.07, 6.45) is 5.66. The minimum absolute atomic E-state index is 0.308. The first-order valence-corrected chi connectivity index (χ1v) is 9.50. The van der Waals surface area contributed by atoms with Gasteiger partial charge in [0.15, 0.2) is 9.84 Å². The number of benzene rings is 2. The summed E-state index contributed by atoms with van der Waals surface area (Å²) in [5, 5.41) is 0. The van der Waals surface area contributed by atoms with Gasteiger partial charge in [-0.1, -0.05) is 0 Å². The van der Waals surface area contributed by atoms with Crippen molar-refractivity contribution in [1.29, 1.82) is 0 Å². The number of fused-ring (bicyclic) bond motifs is 1. The summed E-state index contributed by atoms with van der Waals surface area (Å²) in [7, 11) is -3.20. The maximum Gasteiger partial charge on any atom is 0.175 e. The highest BCUT2D eigenvalue weighted by molar-refractivity contribution is 7.90. The lowest BCUT2D eigenvalue weighted by molar-refractivity contribution is 0.357. The van der Waals surface area contributed by atoms with Crippen LogP contribution in [0, 0.1) is 0 Å². The molecule has 2 aromatic carbocycles. The number of imidazole rings is 1. The molecule has 3 aromatic rings. The van der Waals surface area contributed by atoms with Gasteiger partial charge in [-0.05, 0) is 48.0 Å². The van der Waals surface area contributed by atoms with Crippen molar-refractivity contribution in [3.05, 3.63) is 60.6 Å². The quantitative estimate of drug-likeness (QED) is 0.735. The fourth-order valence-electron chi connectivity index (χ4n) is 2.91. The molecule has 0 atom stereocenters. The summed E-state index contributed by atoms with van der Waals surface area (Å²) < 4.78 is 30.7. The standard InChI is InChI=1S/C18H16N2O3S/c1-24(21,22)16-5-3-15(4-6-16)20-12-19-11-17(20)13-2-7-18-14(10-13)8-9-23-18/h2-7,10-12H,8-9H2,1H3. The average molecular weight is 340 g/mol. The second kappa shape index (κ2) is 5.49. The van der Waals surface area contributed by atoms with E-state index in [0.717, 1.165) is 35.7 Å². The zero-order chi connectivity index (χ0) is 16.7. The van der Waals surface area contributed by atoms with Crippen molar-refractivity contribution in [2.24, 2.45) is 0 Å². The third-order valence-corrected chi connectivity index (χ3v) is 5.30. The van der Waals surface area contributed by atoms with Crippen LogP contribution in [0.1, 0.15) is 5.56 Å². The molecule has 0 bridgehead atoms. The molecule has 122 valence electrons. The lowest BCUT2D eigenvalue weighted by atomic mass is 10.1. The van der Waals surface area contributed by atoms with Crippen molar-refractivity contribution in [2.45, 2.75) is 11.3 Å². The van der Waals surface area contributed by atoms with Gasteiger partial charge in [-0.15, -0.1) is 0 Å². The summed E-state index contributed by atoms with van der Waals surface area (Å²) in [4.78, 5) is 4.56. The van der Waals surface area contributed by atoms with Gasteiger partial charge in [0.2, 0.25) is 0 Å². The van der Waals surface area contributed by atoms with E-state index < -0.39 is 9.84 Å². The van der Waals surface area contributed by atoms with Gasteiger partial charge in [-0.3, -0.25) is 4.57 Å². The number of hydrogen-bond acceptors (Lipinski definition) is 4. The molecule has 0 aliphatic carbocycles. The van der Waals surface area contributed by atoms with Crippen LogP contribution in [0.4, 0.5) is 0 Å². The molecule has 4 rings (SSSR count). The first kappa shape index (κ1) is 15.0. The molecule has 0 saturated heterocycles. The summed E-state index contributed by atoms with van der Waals surface area (Å²) >= 11 is 0. The Morgan fingerprint density at radius 1 is 1.12 bits per heavy atom. The van der Waals surface area contributed by atoms with E-state index in [-0.39, 0.29) is 0 Å². The first-order chi connectivity index (χ1) is 11.5. The van der Waals surface area contributed by atoms with Gasteiger partial charge in [0.05, 0.1) is 29.7 Å². The van der Waals surface area contributed by atoms with E-state index in [4.69, 9.17) is 4.74 Å². The largest absolute Gasteiger partial charge is 0.493 e. The van der Waals surface area contributed by atoms with Crippen molar-refractivity contribution in [1.82, 2.24) is 9.55 Å². The van der Waals surface area contributed by atoms with Gasteiger partial charge >= 0.3 is 0 Å². The Bertz CT molecular complexity index is 1000. The molecule has 1 aromatic heterocycles. The molecule has 0 saturated carbocycles. The van der Waals surface area contributed by atoms with Crippen molar-refractivity contribution in [3.8, 4) is 22.7 Å². The number of ether oxygens (including phenoxy) is 1. The Hall–Kier alpha value is -2.60. The molecule has 0 spiro atoms. The van der Waals surface area contributed by atoms with Crippen LogP contribution in [-0.4, -0.2) is 30.8 Å². The number of nitrogens with zero attached hydrogens (tertiary/aromatic N) is 2. The normalized spacial score (nSPS) is 13.5. The van der Waals surface area contributed by atoms with Crippen LogP contribution in [-0.2, 0) is 16.3 Å². The maximum absolute atomic E-state index is 11.6. The van der Waals surface area contributed by atoms with Gasteiger partial charge in [0, 0.05) is 23.9 Å². The Balaban J connectivity index is 1.75. The molecule has 2 heterocycles. The first-order valence-electron chi connectivity index (χ1n) is 7.61. The van der Waals surface area contributed by atoms with Crippen molar-refractivity contribution in [2.75, 3.05) is 12.9 Å². The van der Waals surface area contributed by atoms with Crippen molar-refractivity contribution >= 4 is 9.84 Å². The predicted molar refractivity (Wildman–Crippen MR) is 91.3 cm³/mol. The highest BCUT2D eigenvalue weighted by Gasteiger charge is 2.15. The third-order valence-electron chi connectivity index (χ3n) is 4.17. The predicted octanol–water partition coefficient (Wildman–Crippen LogP) is 2.88. The van der Waals surface area contributed by atoms with Crippen LogP contribution in [0.25, 0.3) is 16.9 Å². The molecule has 0 N–H and O–H groups in total. The molecule has 0 amide bonds. The van der Waals surface area contributed by atoms with E-state index >= 15 is 0 Å². The summed E-state index contributed by atoms with van der Waals surface area (Å²) in [5.74, 6) is 0.947. The average Bonchev–Trinajstić information content (AvgIpc) is 3.22. The monoisotopic (exact) mass is 340 g/mol. The zero-order valence-corrected chi connectivity index (χ0v) is 14.0. The van der Waals surface area contributed by atoms with E-state index in [2.05, 4.69) is 11.1 Å². The van der Waals surface area contributed by atoms with Crippen LogP contribution in [0.5, 0.6) is 5.75 Å². The van der Waals surface area contributed by atoms with Gasteiger partial charge in [0.1, 0.15) is 5.75 Å². The molecule has 5 nitrogen and oxygen atoms in total. The number of hydrogen-bond donors (Lipinski definition) is 0. The fourth-order valence-corrected chi connectivity index (χ4v) is 3.54. The SMILES string of the molecule is CS(=O)(=O)c1ccc(-n2cncc2-c2ccc3c(c2)CCO3)cc1. The van der Waals surface area contributed by atoms with E-state index in [9.17, 15) is 8.42 Å². The van der Waals surface area contributed by atoms with Gasteiger partial charge in [-0.2, -0.15) is 0 Å². The molecular formula is C18H16N2O3S. The van der Waals surface area contributed by atoms with E-state index in [1.807, 2.05) is 22.9 Å². The topological polar surface area (TPSA) is 61.2 Å². The van der Waals surface area contributed by atoms with Gasteiger partial charge in [-0.25, -0.2) is 13.4 Å². The van der Waals surface area contributed by atoms with E-state index in [0.29, 0.717) is 4.90 Å². The molecule has 24 heavy (non-hydrogen) atoms. The molecule has 0 radical (unpaired) electrons. The Morgan fingerprint density at radius 2 is 1.92 bits per heavy atom. The fraction of sp³-hybridized carbons (Fsp3) is 0.167. The molecule has 0 fully saturated rings. The van der Waals surface area contributed by atoms with Crippen LogP contribution in [0.15, 0.2) is 59.9 Å². The molecule has 0 unspecified atom stereocenters. The van der Waals surface area contributed by atoms with Crippen LogP contribution in [0.3, 0.4) is 0 Å². The number of sulfone groups is 1. The van der Waals surface area contributed by atoms with Crippen LogP contribution >= 0.6 is 0 Å². The van der Waals surface area contributed by atoms with Crippen LogP contribution < -0.4 is 4.74 Å². The Kier molecular flexibility index (Phi) is 3.42. The highest BCUT2D eigenvalue weighted by atomic mass is 32.2. The second-order valence-corrected chi connectivity index (χ2v) is 7.85. The zero-order valence-electron chi connectivity index (χ0n) is 13.1. The second-order valence-electron chi connectivity index (χ2n) is 5.84. The van der Waals surface area contributed by atoms with E-state index in [1.54, 1.807) is 30.6 Å². The lowest BCUT2D eigenvalue weighted by Crippen LogP contribution is -1.99. The van der Waals surface area contributed by atoms with Crippen molar-refractivity contribution < 1.29 is 13.2 Å². The molecule has 1 aliphatic rings. The summed E-state index contributed by atoms with van der Waals surface area (Å²) in [5.41, 5.74) is 4.08. The lowest BCUT2D eigenvalue weighted by Gasteiger charge is -2.10.